The molecule has 0 bridgehead atoms. The Bertz CT molecular complexity index is 804. The Kier molecular flexibility index (Phi) is 10.4. The second kappa shape index (κ2) is 13.4. The summed E-state index contributed by atoms with van der Waals surface area (Å²) in [4.78, 5) is 23.3. The zero-order valence-corrected chi connectivity index (χ0v) is 18.1. The van der Waals surface area contributed by atoms with E-state index in [1.807, 2.05) is 0 Å². The molecule has 0 aliphatic carbocycles. The number of esters is 1. The zero-order chi connectivity index (χ0) is 21.6. The number of ether oxygens (including phenoxy) is 2. The fourth-order valence-electron chi connectivity index (χ4n) is 2.96. The second-order valence-electron chi connectivity index (χ2n) is 7.40. The summed E-state index contributed by atoms with van der Waals surface area (Å²) in [7, 11) is 0. The Morgan fingerprint density at radius 3 is 2.03 bits per heavy atom. The van der Waals surface area contributed by atoms with Gasteiger partial charge in [0, 0.05) is 0 Å². The highest BCUT2D eigenvalue weighted by atomic mass is 16.5. The van der Waals surface area contributed by atoms with E-state index in [0.717, 1.165) is 17.7 Å². The lowest BCUT2D eigenvalue weighted by atomic mass is 10.1. The first kappa shape index (κ1) is 23.4. The van der Waals surface area contributed by atoms with E-state index in [9.17, 15) is 9.59 Å². The number of rotatable bonds is 13. The van der Waals surface area contributed by atoms with Gasteiger partial charge in [-0.3, -0.25) is 4.79 Å². The topological polar surface area (TPSA) is 52.6 Å². The minimum absolute atomic E-state index is 0.0136. The van der Waals surface area contributed by atoms with Crippen LogP contribution in [0.3, 0.4) is 0 Å². The zero-order valence-electron chi connectivity index (χ0n) is 18.1. The highest BCUT2D eigenvalue weighted by molar-refractivity contribution is 5.92. The molecule has 0 radical (unpaired) electrons. The number of carbonyl (C=O) groups excluding carboxylic acids is 2. The average molecular weight is 409 g/mol. The van der Waals surface area contributed by atoms with E-state index in [0.29, 0.717) is 17.9 Å². The van der Waals surface area contributed by atoms with Crippen LogP contribution in [0.4, 0.5) is 0 Å². The number of ketones is 1. The second-order valence-corrected chi connectivity index (χ2v) is 7.40. The minimum Gasteiger partial charge on any atom is -0.494 e. The van der Waals surface area contributed by atoms with Gasteiger partial charge in [0.05, 0.1) is 12.2 Å². The van der Waals surface area contributed by atoms with Crippen molar-refractivity contribution in [1.82, 2.24) is 0 Å². The van der Waals surface area contributed by atoms with Gasteiger partial charge in [0.2, 0.25) is 0 Å². The van der Waals surface area contributed by atoms with E-state index in [1.165, 1.54) is 51.5 Å². The molecule has 0 amide bonds. The molecule has 4 heteroatoms. The maximum absolute atomic E-state index is 12.3. The number of benzene rings is 2. The molecular formula is C26H32O4. The van der Waals surface area contributed by atoms with Crippen LogP contribution < -0.4 is 9.47 Å². The first-order valence-corrected chi connectivity index (χ1v) is 10.8. The molecule has 0 spiro atoms. The SMILES string of the molecule is CCCCCCCCCOc1ccc(C(=O)Oc2ccc(/C=C/C(C)=O)cc2)cc1. The number of allylic oxidation sites excluding steroid dienone is 1. The summed E-state index contributed by atoms with van der Waals surface area (Å²) >= 11 is 0. The molecule has 0 saturated carbocycles. The fraction of sp³-hybridized carbons (Fsp3) is 0.385. The number of hydrogen-bond donors (Lipinski definition) is 0. The van der Waals surface area contributed by atoms with Crippen LogP contribution in [0.2, 0.25) is 0 Å². The van der Waals surface area contributed by atoms with E-state index in [-0.39, 0.29) is 5.78 Å². The average Bonchev–Trinajstić information content (AvgIpc) is 2.75. The van der Waals surface area contributed by atoms with Crippen molar-refractivity contribution in [3.05, 3.63) is 65.7 Å². The van der Waals surface area contributed by atoms with E-state index in [1.54, 1.807) is 54.6 Å². The van der Waals surface area contributed by atoms with Gasteiger partial charge in [0.25, 0.3) is 0 Å². The number of unbranched alkanes of at least 4 members (excludes halogenated alkanes) is 6. The van der Waals surface area contributed by atoms with Gasteiger partial charge in [-0.15, -0.1) is 0 Å². The van der Waals surface area contributed by atoms with Crippen LogP contribution in [-0.4, -0.2) is 18.4 Å². The van der Waals surface area contributed by atoms with Gasteiger partial charge < -0.3 is 9.47 Å². The molecule has 160 valence electrons. The third-order valence-corrected chi connectivity index (χ3v) is 4.71. The molecule has 4 nitrogen and oxygen atoms in total. The predicted octanol–water partition coefficient (Wildman–Crippen LogP) is 6.64. The summed E-state index contributed by atoms with van der Waals surface area (Å²) < 4.78 is 11.2. The van der Waals surface area contributed by atoms with E-state index < -0.39 is 5.97 Å². The molecule has 0 saturated heterocycles. The highest BCUT2D eigenvalue weighted by Crippen LogP contribution is 2.18. The van der Waals surface area contributed by atoms with Crippen molar-refractivity contribution in [1.29, 1.82) is 0 Å². The molecule has 0 aromatic heterocycles. The Morgan fingerprint density at radius 2 is 1.40 bits per heavy atom. The largest absolute Gasteiger partial charge is 0.494 e. The quantitative estimate of drug-likeness (QED) is 0.161. The molecule has 30 heavy (non-hydrogen) atoms. The molecule has 0 aliphatic heterocycles. The lowest BCUT2D eigenvalue weighted by molar-refractivity contribution is -0.112. The van der Waals surface area contributed by atoms with Crippen LogP contribution in [-0.2, 0) is 4.79 Å². The minimum atomic E-state index is -0.416. The van der Waals surface area contributed by atoms with Crippen LogP contribution >= 0.6 is 0 Å². The predicted molar refractivity (Wildman–Crippen MR) is 121 cm³/mol. The van der Waals surface area contributed by atoms with Gasteiger partial charge in [-0.1, -0.05) is 63.7 Å². The smallest absolute Gasteiger partial charge is 0.343 e. The van der Waals surface area contributed by atoms with Gasteiger partial charge >= 0.3 is 5.97 Å². The van der Waals surface area contributed by atoms with Crippen LogP contribution in [0.1, 0.15) is 74.7 Å². The molecule has 2 rings (SSSR count). The summed E-state index contributed by atoms with van der Waals surface area (Å²) in [6, 6.07) is 14.0. The first-order chi connectivity index (χ1) is 14.6. The van der Waals surface area contributed by atoms with Crippen molar-refractivity contribution in [2.75, 3.05) is 6.61 Å². The van der Waals surface area contributed by atoms with Crippen molar-refractivity contribution in [2.45, 2.75) is 58.8 Å². The Morgan fingerprint density at radius 1 is 0.800 bits per heavy atom. The number of carbonyl (C=O) groups is 2. The van der Waals surface area contributed by atoms with Crippen LogP contribution in [0, 0.1) is 0 Å². The fourth-order valence-corrected chi connectivity index (χ4v) is 2.96. The monoisotopic (exact) mass is 408 g/mol. The maximum Gasteiger partial charge on any atom is 0.343 e. The molecule has 0 fully saturated rings. The lowest BCUT2D eigenvalue weighted by Crippen LogP contribution is -2.08. The maximum atomic E-state index is 12.3. The van der Waals surface area contributed by atoms with Crippen molar-refractivity contribution >= 4 is 17.8 Å². The summed E-state index contributed by atoms with van der Waals surface area (Å²) in [5, 5.41) is 0. The van der Waals surface area contributed by atoms with Gasteiger partial charge in [-0.05, 0) is 61.4 Å². The van der Waals surface area contributed by atoms with E-state index >= 15 is 0 Å². The van der Waals surface area contributed by atoms with Crippen LogP contribution in [0.15, 0.2) is 54.6 Å². The Balaban J connectivity index is 1.73. The molecular weight excluding hydrogens is 376 g/mol. The van der Waals surface area contributed by atoms with Crippen LogP contribution in [0.25, 0.3) is 6.08 Å². The third kappa shape index (κ3) is 9.08. The van der Waals surface area contributed by atoms with E-state index in [4.69, 9.17) is 9.47 Å². The van der Waals surface area contributed by atoms with Gasteiger partial charge in [-0.2, -0.15) is 0 Å². The van der Waals surface area contributed by atoms with Gasteiger partial charge in [0.15, 0.2) is 5.78 Å². The summed E-state index contributed by atoms with van der Waals surface area (Å²) in [5.74, 6) is 0.791. The van der Waals surface area contributed by atoms with Crippen molar-refractivity contribution in [2.24, 2.45) is 0 Å². The van der Waals surface area contributed by atoms with Crippen molar-refractivity contribution < 1.29 is 19.1 Å². The van der Waals surface area contributed by atoms with Crippen LogP contribution in [0.5, 0.6) is 11.5 Å². The van der Waals surface area contributed by atoms with Crippen molar-refractivity contribution in [3.63, 3.8) is 0 Å². The molecule has 2 aromatic carbocycles. The standard InChI is InChI=1S/C26H32O4/c1-3-4-5-6-7-8-9-20-29-24-18-14-23(15-19-24)26(28)30-25-16-12-22(13-17-25)11-10-21(2)27/h10-19H,3-9,20H2,1-2H3/b11-10+. The van der Waals surface area contributed by atoms with Gasteiger partial charge in [0.1, 0.15) is 11.5 Å². The van der Waals surface area contributed by atoms with Crippen molar-refractivity contribution in [3.8, 4) is 11.5 Å². The molecule has 0 unspecified atom stereocenters. The molecule has 0 N–H and O–H groups in total. The third-order valence-electron chi connectivity index (χ3n) is 4.71. The first-order valence-electron chi connectivity index (χ1n) is 10.8. The highest BCUT2D eigenvalue weighted by Gasteiger charge is 2.09. The summed E-state index contributed by atoms with van der Waals surface area (Å²) in [5.41, 5.74) is 1.34. The summed E-state index contributed by atoms with van der Waals surface area (Å²) in [6.45, 7) is 4.42. The summed E-state index contributed by atoms with van der Waals surface area (Å²) in [6.07, 6.45) is 12.0. The molecule has 0 atom stereocenters. The molecule has 2 aromatic rings. The molecule has 0 aliphatic rings. The Hall–Kier alpha value is -2.88. The lowest BCUT2D eigenvalue weighted by Gasteiger charge is -2.08. The van der Waals surface area contributed by atoms with Gasteiger partial charge in [-0.25, -0.2) is 4.79 Å². The Labute approximate surface area is 179 Å². The molecule has 0 heterocycles. The normalized spacial score (nSPS) is 10.9. The number of hydrogen-bond acceptors (Lipinski definition) is 4. The van der Waals surface area contributed by atoms with E-state index in [2.05, 4.69) is 6.92 Å².